The van der Waals surface area contributed by atoms with E-state index in [1.165, 1.54) is 59.2 Å². The fraction of sp³-hybridized carbons (Fsp3) is 0.333. The fourth-order valence-electron chi connectivity index (χ4n) is 5.51. The topological polar surface area (TPSA) is 26.6 Å². The summed E-state index contributed by atoms with van der Waals surface area (Å²) in [5.41, 5.74) is 6.42. The van der Waals surface area contributed by atoms with Crippen molar-refractivity contribution in [3.05, 3.63) is 83.9 Å². The number of hydrogen-bond donors (Lipinski definition) is 0. The first-order valence-corrected chi connectivity index (χ1v) is 12.6. The molecule has 0 spiro atoms. The van der Waals surface area contributed by atoms with Gasteiger partial charge >= 0.3 is 0 Å². The SMILES string of the molecule is c1ccc2c(c1)OCCc1c-2n(Cc2ccc(OCCCN3CCCC3)cc2)c2ccccc12. The van der Waals surface area contributed by atoms with E-state index in [2.05, 4.69) is 82.3 Å². The lowest BCUT2D eigenvalue weighted by Crippen LogP contribution is -2.21. The summed E-state index contributed by atoms with van der Waals surface area (Å²) >= 11 is 0. The second-order valence-corrected chi connectivity index (χ2v) is 9.42. The van der Waals surface area contributed by atoms with Crippen LogP contribution in [0.2, 0.25) is 0 Å². The van der Waals surface area contributed by atoms with Crippen molar-refractivity contribution in [1.82, 2.24) is 9.47 Å². The molecule has 0 unspecified atom stereocenters. The van der Waals surface area contributed by atoms with Crippen LogP contribution in [-0.2, 0) is 13.0 Å². The van der Waals surface area contributed by atoms with Crippen molar-refractivity contribution in [3.63, 3.8) is 0 Å². The Morgan fingerprint density at radius 2 is 1.65 bits per heavy atom. The van der Waals surface area contributed by atoms with Gasteiger partial charge in [-0.05, 0) is 73.8 Å². The lowest BCUT2D eigenvalue weighted by atomic mass is 10.0. The van der Waals surface area contributed by atoms with E-state index in [9.17, 15) is 0 Å². The molecule has 1 saturated heterocycles. The Morgan fingerprint density at radius 3 is 2.53 bits per heavy atom. The lowest BCUT2D eigenvalue weighted by Gasteiger charge is -2.15. The molecule has 3 heterocycles. The first-order valence-electron chi connectivity index (χ1n) is 12.6. The van der Waals surface area contributed by atoms with Gasteiger partial charge in [0.1, 0.15) is 11.5 Å². The van der Waals surface area contributed by atoms with Crippen LogP contribution in [0.3, 0.4) is 0 Å². The van der Waals surface area contributed by atoms with Gasteiger partial charge in [0.05, 0.1) is 18.9 Å². The van der Waals surface area contributed by atoms with E-state index in [4.69, 9.17) is 9.47 Å². The monoisotopic (exact) mass is 452 g/mol. The number of benzene rings is 3. The van der Waals surface area contributed by atoms with Crippen LogP contribution < -0.4 is 9.47 Å². The van der Waals surface area contributed by atoms with E-state index in [0.29, 0.717) is 6.61 Å². The number of aromatic nitrogens is 1. The largest absolute Gasteiger partial charge is 0.494 e. The van der Waals surface area contributed by atoms with Gasteiger partial charge in [-0.2, -0.15) is 0 Å². The fourth-order valence-corrected chi connectivity index (χ4v) is 5.51. The first kappa shape index (κ1) is 21.3. The van der Waals surface area contributed by atoms with Gasteiger partial charge in [-0.1, -0.05) is 42.5 Å². The zero-order chi connectivity index (χ0) is 22.7. The van der Waals surface area contributed by atoms with Crippen LogP contribution in [0.4, 0.5) is 0 Å². The van der Waals surface area contributed by atoms with Gasteiger partial charge in [-0.25, -0.2) is 0 Å². The molecule has 0 atom stereocenters. The Hall–Kier alpha value is -3.24. The highest BCUT2D eigenvalue weighted by Gasteiger charge is 2.23. The van der Waals surface area contributed by atoms with Crippen molar-refractivity contribution in [2.45, 2.75) is 32.2 Å². The number of hydrogen-bond acceptors (Lipinski definition) is 3. The summed E-state index contributed by atoms with van der Waals surface area (Å²) in [6, 6.07) is 25.8. The van der Waals surface area contributed by atoms with Crippen LogP contribution in [0.25, 0.3) is 22.2 Å². The van der Waals surface area contributed by atoms with Gasteiger partial charge in [0.25, 0.3) is 0 Å². The molecule has 4 nitrogen and oxygen atoms in total. The summed E-state index contributed by atoms with van der Waals surface area (Å²) in [6.45, 7) is 5.96. The first-order chi connectivity index (χ1) is 16.9. The number of rotatable bonds is 7. The highest BCUT2D eigenvalue weighted by atomic mass is 16.5. The van der Waals surface area contributed by atoms with Crippen molar-refractivity contribution in [1.29, 1.82) is 0 Å². The molecule has 0 radical (unpaired) electrons. The van der Waals surface area contributed by atoms with E-state index < -0.39 is 0 Å². The highest BCUT2D eigenvalue weighted by molar-refractivity contribution is 5.93. The van der Waals surface area contributed by atoms with E-state index in [1.807, 2.05) is 0 Å². The third-order valence-corrected chi connectivity index (χ3v) is 7.18. The van der Waals surface area contributed by atoms with Crippen molar-refractivity contribution in [2.24, 2.45) is 0 Å². The van der Waals surface area contributed by atoms with Gasteiger partial charge in [0.2, 0.25) is 0 Å². The standard InChI is InChI=1S/C30H32N2O2/c1-3-10-28-25(8-1)26-16-21-34-29-11-4-2-9-27(29)30(26)32(28)22-23-12-14-24(15-13-23)33-20-7-19-31-17-5-6-18-31/h1-4,8-15H,5-7,16-22H2. The summed E-state index contributed by atoms with van der Waals surface area (Å²) in [5, 5.41) is 1.33. The minimum Gasteiger partial charge on any atom is -0.494 e. The van der Waals surface area contributed by atoms with Crippen LogP contribution >= 0.6 is 0 Å². The number of likely N-dealkylation sites (tertiary alicyclic amines) is 1. The Kier molecular flexibility index (Phi) is 5.99. The normalized spacial score (nSPS) is 15.5. The molecule has 0 aliphatic carbocycles. The van der Waals surface area contributed by atoms with Crippen LogP contribution in [0.15, 0.2) is 72.8 Å². The molecule has 4 aromatic rings. The summed E-state index contributed by atoms with van der Waals surface area (Å²) in [5.74, 6) is 1.93. The molecular weight excluding hydrogens is 420 g/mol. The summed E-state index contributed by atoms with van der Waals surface area (Å²) < 4.78 is 14.6. The average Bonchev–Trinajstić information content (AvgIpc) is 3.45. The minimum atomic E-state index is 0.710. The molecule has 3 aromatic carbocycles. The van der Waals surface area contributed by atoms with Crippen molar-refractivity contribution < 1.29 is 9.47 Å². The third kappa shape index (κ3) is 4.19. The summed E-state index contributed by atoms with van der Waals surface area (Å²) in [7, 11) is 0. The number of para-hydroxylation sites is 2. The predicted molar refractivity (Wildman–Crippen MR) is 138 cm³/mol. The smallest absolute Gasteiger partial charge is 0.128 e. The highest BCUT2D eigenvalue weighted by Crippen LogP contribution is 2.41. The van der Waals surface area contributed by atoms with Gasteiger partial charge in [0, 0.05) is 36.0 Å². The molecule has 1 aromatic heterocycles. The van der Waals surface area contributed by atoms with Crippen molar-refractivity contribution in [2.75, 3.05) is 32.8 Å². The summed E-state index contributed by atoms with van der Waals surface area (Å²) in [4.78, 5) is 2.54. The maximum Gasteiger partial charge on any atom is 0.128 e. The van der Waals surface area contributed by atoms with E-state index >= 15 is 0 Å². The Bertz CT molecular complexity index is 1270. The molecule has 6 rings (SSSR count). The number of nitrogens with zero attached hydrogens (tertiary/aromatic N) is 2. The Morgan fingerprint density at radius 1 is 0.853 bits per heavy atom. The zero-order valence-electron chi connectivity index (χ0n) is 19.7. The van der Waals surface area contributed by atoms with Crippen LogP contribution in [0, 0.1) is 0 Å². The molecule has 2 aliphatic rings. The van der Waals surface area contributed by atoms with Crippen LogP contribution in [0.5, 0.6) is 11.5 Å². The van der Waals surface area contributed by atoms with Gasteiger partial charge < -0.3 is 18.9 Å². The van der Waals surface area contributed by atoms with Gasteiger partial charge in [-0.15, -0.1) is 0 Å². The molecule has 1 fully saturated rings. The molecule has 34 heavy (non-hydrogen) atoms. The second-order valence-electron chi connectivity index (χ2n) is 9.42. The van der Waals surface area contributed by atoms with Gasteiger partial charge in [0.15, 0.2) is 0 Å². The molecule has 0 N–H and O–H groups in total. The molecule has 2 aliphatic heterocycles. The molecule has 0 saturated carbocycles. The van der Waals surface area contributed by atoms with E-state index in [1.54, 1.807) is 0 Å². The molecule has 174 valence electrons. The maximum absolute atomic E-state index is 6.11. The lowest BCUT2D eigenvalue weighted by molar-refractivity contribution is 0.263. The quantitative estimate of drug-likeness (QED) is 0.314. The van der Waals surface area contributed by atoms with Gasteiger partial charge in [-0.3, -0.25) is 0 Å². The van der Waals surface area contributed by atoms with E-state index in [0.717, 1.165) is 44.0 Å². The van der Waals surface area contributed by atoms with Crippen LogP contribution in [-0.4, -0.2) is 42.3 Å². The Balaban J connectivity index is 1.24. The Labute approximate surface area is 201 Å². The minimum absolute atomic E-state index is 0.710. The predicted octanol–water partition coefficient (Wildman–Crippen LogP) is 6.16. The number of fused-ring (bicyclic) bond motifs is 5. The number of ether oxygens (including phenoxy) is 2. The maximum atomic E-state index is 6.11. The zero-order valence-corrected chi connectivity index (χ0v) is 19.7. The summed E-state index contributed by atoms with van der Waals surface area (Å²) in [6.07, 6.45) is 4.70. The van der Waals surface area contributed by atoms with Crippen molar-refractivity contribution >= 4 is 10.9 Å². The molecule has 0 amide bonds. The average molecular weight is 453 g/mol. The molecule has 0 bridgehead atoms. The molecular formula is C30H32N2O2. The molecule has 4 heteroatoms. The van der Waals surface area contributed by atoms with Crippen LogP contribution in [0.1, 0.15) is 30.4 Å². The van der Waals surface area contributed by atoms with E-state index in [-0.39, 0.29) is 0 Å². The third-order valence-electron chi connectivity index (χ3n) is 7.18. The van der Waals surface area contributed by atoms with Crippen molar-refractivity contribution in [3.8, 4) is 22.8 Å². The second kappa shape index (κ2) is 9.55.